The van der Waals surface area contributed by atoms with E-state index < -0.39 is 17.1 Å². The number of nitrogens with one attached hydrogen (secondary N) is 3. The summed E-state index contributed by atoms with van der Waals surface area (Å²) >= 11 is 2.71. The Morgan fingerprint density at radius 2 is 1.74 bits per heavy atom. The Hall–Kier alpha value is -5.33. The fraction of sp³-hybridized carbons (Fsp3) is 0.143. The van der Waals surface area contributed by atoms with Gasteiger partial charge in [0.25, 0.3) is 11.8 Å². The largest absolute Gasteiger partial charge is 0.493 e. The van der Waals surface area contributed by atoms with Crippen molar-refractivity contribution in [1.82, 2.24) is 10.3 Å². The van der Waals surface area contributed by atoms with Crippen LogP contribution in [0, 0.1) is 0 Å². The molecule has 3 aromatic carbocycles. The van der Waals surface area contributed by atoms with Gasteiger partial charge in [-0.05, 0) is 67.1 Å². The highest BCUT2D eigenvalue weighted by atomic mass is 32.2. The standard InChI is InChI=1S/C35H32N4O6S2/c1-4-31(34(42)39-35-38-28(21-46-35)23-15-16-29(43-2)30(18-23)44-3)47-26-14-8-12-24(19-26)36-33(41)27(20-25-13-9-17-45-25)37-32(40)22-10-6-5-7-11-22/h5-21,31H,4H2,1-3H3,(H,36,41)(H,37,40)(H,38,39,42)/b27-20-. The Bertz CT molecular complexity index is 1870. The number of rotatable bonds is 13. The van der Waals surface area contributed by atoms with Gasteiger partial charge in [0.15, 0.2) is 16.6 Å². The summed E-state index contributed by atoms with van der Waals surface area (Å²) < 4.78 is 16.1. The van der Waals surface area contributed by atoms with Crippen molar-refractivity contribution in [3.05, 3.63) is 114 Å². The molecule has 5 rings (SSSR count). The van der Waals surface area contributed by atoms with Crippen molar-refractivity contribution in [1.29, 1.82) is 0 Å². The average molecular weight is 669 g/mol. The number of amides is 3. The van der Waals surface area contributed by atoms with Gasteiger partial charge in [-0.1, -0.05) is 31.2 Å². The number of methoxy groups -OCH3 is 2. The van der Waals surface area contributed by atoms with Crippen LogP contribution in [0.25, 0.3) is 17.3 Å². The molecule has 0 fully saturated rings. The highest BCUT2D eigenvalue weighted by Gasteiger charge is 2.21. The molecule has 0 aliphatic heterocycles. The van der Waals surface area contributed by atoms with Crippen molar-refractivity contribution in [3.8, 4) is 22.8 Å². The molecule has 240 valence electrons. The number of nitrogens with zero attached hydrogens (tertiary/aromatic N) is 1. The smallest absolute Gasteiger partial charge is 0.272 e. The minimum atomic E-state index is -0.535. The molecular weight excluding hydrogens is 637 g/mol. The predicted octanol–water partition coefficient (Wildman–Crippen LogP) is 7.34. The maximum absolute atomic E-state index is 13.4. The van der Waals surface area contributed by atoms with Crippen LogP contribution in [0.2, 0.25) is 0 Å². The van der Waals surface area contributed by atoms with E-state index in [4.69, 9.17) is 13.9 Å². The molecule has 12 heteroatoms. The summed E-state index contributed by atoms with van der Waals surface area (Å²) in [4.78, 5) is 44.8. The molecule has 0 saturated heterocycles. The third-order valence-corrected chi connectivity index (χ3v) is 8.92. The predicted molar refractivity (Wildman–Crippen MR) is 185 cm³/mol. The van der Waals surface area contributed by atoms with Crippen molar-refractivity contribution in [2.75, 3.05) is 24.9 Å². The van der Waals surface area contributed by atoms with Crippen LogP contribution in [-0.2, 0) is 9.59 Å². The van der Waals surface area contributed by atoms with Crippen molar-refractivity contribution < 1.29 is 28.3 Å². The lowest BCUT2D eigenvalue weighted by Gasteiger charge is -2.15. The molecule has 1 unspecified atom stereocenters. The maximum Gasteiger partial charge on any atom is 0.272 e. The summed E-state index contributed by atoms with van der Waals surface area (Å²) in [6.07, 6.45) is 3.50. The van der Waals surface area contributed by atoms with Crippen molar-refractivity contribution in [3.63, 3.8) is 0 Å². The maximum atomic E-state index is 13.4. The number of benzene rings is 3. The molecule has 1 atom stereocenters. The molecule has 47 heavy (non-hydrogen) atoms. The molecule has 0 aliphatic carbocycles. The number of thioether (sulfide) groups is 1. The number of carbonyl (C=O) groups excluding carboxylic acids is 3. The first-order valence-electron chi connectivity index (χ1n) is 14.5. The van der Waals surface area contributed by atoms with E-state index >= 15 is 0 Å². The molecule has 3 amide bonds. The van der Waals surface area contributed by atoms with E-state index in [1.165, 1.54) is 35.4 Å². The fourth-order valence-electron chi connectivity index (χ4n) is 4.44. The topological polar surface area (TPSA) is 132 Å². The number of anilines is 2. The molecule has 0 bridgehead atoms. The summed E-state index contributed by atoms with van der Waals surface area (Å²) in [5.41, 5.74) is 2.45. The van der Waals surface area contributed by atoms with Crippen LogP contribution in [0.15, 0.2) is 112 Å². The van der Waals surface area contributed by atoms with E-state index in [0.29, 0.717) is 45.8 Å². The molecule has 2 heterocycles. The number of ether oxygens (including phenoxy) is 2. The second kappa shape index (κ2) is 15.8. The van der Waals surface area contributed by atoms with Gasteiger partial charge < -0.3 is 29.8 Å². The van der Waals surface area contributed by atoms with E-state index in [-0.39, 0.29) is 11.6 Å². The summed E-state index contributed by atoms with van der Waals surface area (Å²) in [6, 6.07) is 24.7. The zero-order valence-electron chi connectivity index (χ0n) is 25.8. The lowest BCUT2D eigenvalue weighted by Crippen LogP contribution is -2.30. The Balaban J connectivity index is 1.24. The number of thiazole rings is 1. The van der Waals surface area contributed by atoms with E-state index in [0.717, 1.165) is 10.5 Å². The lowest BCUT2D eigenvalue weighted by atomic mass is 10.1. The first kappa shape index (κ1) is 33.0. The van der Waals surface area contributed by atoms with Gasteiger partial charge in [-0.25, -0.2) is 4.98 Å². The number of aromatic nitrogens is 1. The van der Waals surface area contributed by atoms with Crippen LogP contribution < -0.4 is 25.4 Å². The quantitative estimate of drug-likeness (QED) is 0.0878. The highest BCUT2D eigenvalue weighted by molar-refractivity contribution is 8.00. The number of furan rings is 1. The fourth-order valence-corrected chi connectivity index (χ4v) is 6.17. The van der Waals surface area contributed by atoms with Gasteiger partial charge in [-0.15, -0.1) is 23.1 Å². The van der Waals surface area contributed by atoms with Crippen LogP contribution in [0.4, 0.5) is 10.8 Å². The normalized spacial score (nSPS) is 11.8. The molecule has 10 nitrogen and oxygen atoms in total. The van der Waals surface area contributed by atoms with E-state index in [1.807, 2.05) is 36.6 Å². The van der Waals surface area contributed by atoms with Gasteiger partial charge >= 0.3 is 0 Å². The number of hydrogen-bond acceptors (Lipinski definition) is 9. The molecule has 2 aromatic heterocycles. The van der Waals surface area contributed by atoms with Gasteiger partial charge in [-0.2, -0.15) is 0 Å². The minimum absolute atomic E-state index is 0.00794. The van der Waals surface area contributed by atoms with Gasteiger partial charge in [0.1, 0.15) is 11.5 Å². The minimum Gasteiger partial charge on any atom is -0.493 e. The average Bonchev–Trinajstić information content (AvgIpc) is 3.79. The molecule has 3 N–H and O–H groups in total. The van der Waals surface area contributed by atoms with Gasteiger partial charge in [0.2, 0.25) is 5.91 Å². The van der Waals surface area contributed by atoms with E-state index in [2.05, 4.69) is 20.9 Å². The monoisotopic (exact) mass is 668 g/mol. The molecule has 0 radical (unpaired) electrons. The SMILES string of the molecule is CCC(Sc1cccc(NC(=O)/C(=C/c2ccco2)NC(=O)c2ccccc2)c1)C(=O)Nc1nc(-c2ccc(OC)c(OC)c2)cs1. The van der Waals surface area contributed by atoms with E-state index in [9.17, 15) is 14.4 Å². The van der Waals surface area contributed by atoms with Crippen LogP contribution in [0.1, 0.15) is 29.5 Å². The Labute approximate surface area is 280 Å². The van der Waals surface area contributed by atoms with Crippen molar-refractivity contribution in [2.45, 2.75) is 23.5 Å². The second-order valence-electron chi connectivity index (χ2n) is 9.99. The third-order valence-electron chi connectivity index (χ3n) is 6.81. The van der Waals surface area contributed by atoms with Gasteiger partial charge in [-0.3, -0.25) is 14.4 Å². The first-order valence-corrected chi connectivity index (χ1v) is 16.3. The number of hydrogen-bond donors (Lipinski definition) is 3. The molecule has 0 spiro atoms. The lowest BCUT2D eigenvalue weighted by molar-refractivity contribution is -0.116. The molecular formula is C35H32N4O6S2. The summed E-state index contributed by atoms with van der Waals surface area (Å²) in [7, 11) is 3.15. The Morgan fingerprint density at radius 3 is 2.47 bits per heavy atom. The third kappa shape index (κ3) is 8.69. The van der Waals surface area contributed by atoms with Crippen LogP contribution in [0.5, 0.6) is 11.5 Å². The first-order chi connectivity index (χ1) is 22.9. The zero-order chi connectivity index (χ0) is 33.2. The Kier molecular flexibility index (Phi) is 11.1. The zero-order valence-corrected chi connectivity index (χ0v) is 27.4. The van der Waals surface area contributed by atoms with Crippen molar-refractivity contribution >= 4 is 57.7 Å². The summed E-state index contributed by atoms with van der Waals surface area (Å²) in [6.45, 7) is 1.93. The number of carbonyl (C=O) groups is 3. The van der Waals surface area contributed by atoms with Crippen LogP contribution in [-0.4, -0.2) is 42.2 Å². The van der Waals surface area contributed by atoms with Gasteiger partial charge in [0.05, 0.1) is 31.4 Å². The van der Waals surface area contributed by atoms with Gasteiger partial charge in [0, 0.05) is 33.2 Å². The summed E-state index contributed by atoms with van der Waals surface area (Å²) in [5, 5.41) is 10.4. The Morgan fingerprint density at radius 1 is 0.936 bits per heavy atom. The molecule has 0 aliphatic rings. The second-order valence-corrected chi connectivity index (χ2v) is 12.1. The van der Waals surface area contributed by atoms with Crippen LogP contribution >= 0.6 is 23.1 Å². The van der Waals surface area contributed by atoms with Crippen LogP contribution in [0.3, 0.4) is 0 Å². The highest BCUT2D eigenvalue weighted by Crippen LogP contribution is 2.34. The van der Waals surface area contributed by atoms with Crippen molar-refractivity contribution in [2.24, 2.45) is 0 Å². The summed E-state index contributed by atoms with van der Waals surface area (Å²) in [5.74, 6) is 0.453. The molecule has 0 saturated carbocycles. The van der Waals surface area contributed by atoms with E-state index in [1.54, 1.807) is 74.9 Å². The molecule has 5 aromatic rings.